The van der Waals surface area contributed by atoms with Crippen molar-refractivity contribution in [3.8, 4) is 0 Å². The second-order valence-corrected chi connectivity index (χ2v) is 4.93. The third kappa shape index (κ3) is 2.57. The van der Waals surface area contributed by atoms with Crippen molar-refractivity contribution in [2.45, 2.75) is 26.1 Å². The van der Waals surface area contributed by atoms with Gasteiger partial charge >= 0.3 is 0 Å². The molecule has 5 nitrogen and oxygen atoms in total. The predicted molar refractivity (Wildman–Crippen MR) is 70.3 cm³/mol. The molecule has 2 rings (SSSR count). The summed E-state index contributed by atoms with van der Waals surface area (Å²) in [5.41, 5.74) is 0.537. The molecule has 0 amide bonds. The van der Waals surface area contributed by atoms with Gasteiger partial charge in [-0.1, -0.05) is 17.7 Å². The van der Waals surface area contributed by atoms with Crippen LogP contribution < -0.4 is 4.90 Å². The molecule has 1 heterocycles. The summed E-state index contributed by atoms with van der Waals surface area (Å²) in [4.78, 5) is 12.6. The van der Waals surface area contributed by atoms with E-state index in [1.807, 2.05) is 18.7 Å². The molecule has 2 atom stereocenters. The molecule has 1 aromatic carbocycles. The molecular weight excluding hydrogens is 256 g/mol. The highest BCUT2D eigenvalue weighted by atomic mass is 35.5. The summed E-state index contributed by atoms with van der Waals surface area (Å²) in [5, 5.41) is 11.5. The van der Waals surface area contributed by atoms with Crippen LogP contribution in [0.15, 0.2) is 18.2 Å². The van der Waals surface area contributed by atoms with E-state index in [0.29, 0.717) is 23.8 Å². The second kappa shape index (κ2) is 5.12. The Morgan fingerprint density at radius 3 is 2.56 bits per heavy atom. The van der Waals surface area contributed by atoms with Gasteiger partial charge < -0.3 is 9.64 Å². The van der Waals surface area contributed by atoms with E-state index in [1.54, 1.807) is 12.1 Å². The van der Waals surface area contributed by atoms with Crippen molar-refractivity contribution >= 4 is 23.0 Å². The van der Waals surface area contributed by atoms with Crippen molar-refractivity contribution in [1.82, 2.24) is 0 Å². The fraction of sp³-hybridized carbons (Fsp3) is 0.500. The van der Waals surface area contributed by atoms with Crippen molar-refractivity contribution < 1.29 is 9.66 Å². The molecule has 0 aromatic heterocycles. The van der Waals surface area contributed by atoms with Crippen molar-refractivity contribution in [2.75, 3.05) is 18.0 Å². The van der Waals surface area contributed by atoms with E-state index >= 15 is 0 Å². The number of halogens is 1. The molecule has 1 aliphatic rings. The summed E-state index contributed by atoms with van der Waals surface area (Å²) in [5.74, 6) is 0. The molecule has 6 heteroatoms. The lowest BCUT2D eigenvalue weighted by Gasteiger charge is -2.36. The average Bonchev–Trinajstić information content (AvgIpc) is 2.26. The molecule has 1 saturated heterocycles. The first-order chi connectivity index (χ1) is 8.49. The first-order valence-electron chi connectivity index (χ1n) is 5.82. The summed E-state index contributed by atoms with van der Waals surface area (Å²) in [6, 6.07) is 4.75. The van der Waals surface area contributed by atoms with E-state index in [-0.39, 0.29) is 17.9 Å². The summed E-state index contributed by atoms with van der Waals surface area (Å²) in [6.07, 6.45) is 0.0641. The Balaban J connectivity index is 2.40. The number of hydrogen-bond acceptors (Lipinski definition) is 4. The number of ether oxygens (including phenoxy) is 1. The number of nitro benzene ring substituents is 1. The summed E-state index contributed by atoms with van der Waals surface area (Å²) in [7, 11) is 0. The Kier molecular flexibility index (Phi) is 3.73. The molecule has 1 aromatic rings. The zero-order valence-corrected chi connectivity index (χ0v) is 11.1. The van der Waals surface area contributed by atoms with Gasteiger partial charge in [0.05, 0.1) is 22.2 Å². The predicted octanol–water partition coefficient (Wildman–Crippen LogP) is 2.86. The molecule has 0 N–H and O–H groups in total. The first kappa shape index (κ1) is 13.1. The van der Waals surface area contributed by atoms with Gasteiger partial charge in [-0.2, -0.15) is 0 Å². The quantitative estimate of drug-likeness (QED) is 0.612. The maximum atomic E-state index is 11.1. The fourth-order valence-corrected chi connectivity index (χ4v) is 2.61. The van der Waals surface area contributed by atoms with Gasteiger partial charge in [0.15, 0.2) is 0 Å². The van der Waals surface area contributed by atoms with Crippen LogP contribution in [0.4, 0.5) is 11.4 Å². The zero-order chi connectivity index (χ0) is 13.3. The Hall–Kier alpha value is -1.33. The number of para-hydroxylation sites is 1. The first-order valence-corrected chi connectivity index (χ1v) is 6.20. The summed E-state index contributed by atoms with van der Waals surface area (Å²) < 4.78 is 5.62. The molecule has 1 fully saturated rings. The van der Waals surface area contributed by atoms with Gasteiger partial charge in [-0.3, -0.25) is 10.1 Å². The third-order valence-corrected chi connectivity index (χ3v) is 3.20. The standard InChI is InChI=1S/C12H15ClN2O3/c1-8-6-14(7-9(2)18-8)12-10(13)4-3-5-11(12)15(16)17/h3-5,8-9H,6-7H2,1-2H3. The van der Waals surface area contributed by atoms with Crippen LogP contribution in [0.3, 0.4) is 0 Å². The van der Waals surface area contributed by atoms with Crippen LogP contribution in [0, 0.1) is 10.1 Å². The maximum absolute atomic E-state index is 11.1. The van der Waals surface area contributed by atoms with Gasteiger partial charge in [-0.05, 0) is 19.9 Å². The van der Waals surface area contributed by atoms with Gasteiger partial charge in [-0.25, -0.2) is 0 Å². The molecule has 0 radical (unpaired) electrons. The van der Waals surface area contributed by atoms with Crippen LogP contribution in [0.25, 0.3) is 0 Å². The van der Waals surface area contributed by atoms with Gasteiger partial charge in [0.25, 0.3) is 5.69 Å². The monoisotopic (exact) mass is 270 g/mol. The molecule has 0 bridgehead atoms. The van der Waals surface area contributed by atoms with Gasteiger partial charge in [0.2, 0.25) is 0 Å². The molecule has 1 aliphatic heterocycles. The highest BCUT2D eigenvalue weighted by Crippen LogP contribution is 2.36. The summed E-state index contributed by atoms with van der Waals surface area (Å²) >= 11 is 6.12. The Bertz CT molecular complexity index is 457. The lowest BCUT2D eigenvalue weighted by atomic mass is 10.1. The highest BCUT2D eigenvalue weighted by Gasteiger charge is 2.29. The Labute approximate surface area is 110 Å². The zero-order valence-electron chi connectivity index (χ0n) is 10.3. The molecule has 98 valence electrons. The van der Waals surface area contributed by atoms with Crippen molar-refractivity contribution in [3.63, 3.8) is 0 Å². The van der Waals surface area contributed by atoms with E-state index in [4.69, 9.17) is 16.3 Å². The minimum atomic E-state index is -0.397. The SMILES string of the molecule is CC1CN(c2c(Cl)cccc2[N+](=O)[O-])CC(C)O1. The molecular formula is C12H15ClN2O3. The van der Waals surface area contributed by atoms with Gasteiger partial charge in [0, 0.05) is 19.2 Å². The minimum Gasteiger partial charge on any atom is -0.372 e. The second-order valence-electron chi connectivity index (χ2n) is 4.53. The smallest absolute Gasteiger partial charge is 0.294 e. The summed E-state index contributed by atoms with van der Waals surface area (Å²) in [6.45, 7) is 5.11. The molecule has 0 aliphatic carbocycles. The number of morpholine rings is 1. The molecule has 0 spiro atoms. The van der Waals surface area contributed by atoms with E-state index in [1.165, 1.54) is 6.07 Å². The van der Waals surface area contributed by atoms with Crippen LogP contribution in [-0.4, -0.2) is 30.2 Å². The van der Waals surface area contributed by atoms with Crippen molar-refractivity contribution in [2.24, 2.45) is 0 Å². The van der Waals surface area contributed by atoms with E-state index in [2.05, 4.69) is 0 Å². The topological polar surface area (TPSA) is 55.6 Å². The number of rotatable bonds is 2. The van der Waals surface area contributed by atoms with Crippen molar-refractivity contribution in [3.05, 3.63) is 33.3 Å². The van der Waals surface area contributed by atoms with Crippen LogP contribution >= 0.6 is 11.6 Å². The Morgan fingerprint density at radius 1 is 1.39 bits per heavy atom. The number of hydrogen-bond donors (Lipinski definition) is 0. The van der Waals surface area contributed by atoms with Crippen LogP contribution in [-0.2, 0) is 4.74 Å². The number of nitro groups is 1. The highest BCUT2D eigenvalue weighted by molar-refractivity contribution is 6.33. The molecule has 0 saturated carbocycles. The van der Waals surface area contributed by atoms with E-state index < -0.39 is 4.92 Å². The van der Waals surface area contributed by atoms with Crippen LogP contribution in [0.5, 0.6) is 0 Å². The van der Waals surface area contributed by atoms with Crippen LogP contribution in [0.2, 0.25) is 5.02 Å². The maximum Gasteiger partial charge on any atom is 0.294 e. The lowest BCUT2D eigenvalue weighted by molar-refractivity contribution is -0.384. The Morgan fingerprint density at radius 2 is 2.00 bits per heavy atom. The fourth-order valence-electron chi connectivity index (χ4n) is 2.32. The van der Waals surface area contributed by atoms with Crippen molar-refractivity contribution in [1.29, 1.82) is 0 Å². The average molecular weight is 271 g/mol. The van der Waals surface area contributed by atoms with Gasteiger partial charge in [0.1, 0.15) is 5.69 Å². The van der Waals surface area contributed by atoms with E-state index in [9.17, 15) is 10.1 Å². The number of nitrogens with zero attached hydrogens (tertiary/aromatic N) is 2. The minimum absolute atomic E-state index is 0.0321. The number of anilines is 1. The normalized spacial score (nSPS) is 24.1. The molecule has 18 heavy (non-hydrogen) atoms. The lowest BCUT2D eigenvalue weighted by Crippen LogP contribution is -2.45. The largest absolute Gasteiger partial charge is 0.372 e. The van der Waals surface area contributed by atoms with Crippen LogP contribution in [0.1, 0.15) is 13.8 Å². The van der Waals surface area contributed by atoms with Gasteiger partial charge in [-0.15, -0.1) is 0 Å². The molecule has 2 unspecified atom stereocenters. The third-order valence-electron chi connectivity index (χ3n) is 2.90. The van der Waals surface area contributed by atoms with E-state index in [0.717, 1.165) is 0 Å². The number of benzene rings is 1.